The number of benzene rings is 1. The third-order valence-corrected chi connectivity index (χ3v) is 3.66. The minimum Gasteiger partial charge on any atom is -0.465 e. The summed E-state index contributed by atoms with van der Waals surface area (Å²) in [5, 5.41) is 14.3. The summed E-state index contributed by atoms with van der Waals surface area (Å²) in [6, 6.07) is 8.61. The lowest BCUT2D eigenvalue weighted by atomic mass is 10.0. The van der Waals surface area contributed by atoms with Crippen LogP contribution in [-0.4, -0.2) is 47.8 Å². The number of carboxylic acid groups (broad SMARTS) is 1. The zero-order valence-electron chi connectivity index (χ0n) is 11.9. The van der Waals surface area contributed by atoms with E-state index in [2.05, 4.69) is 5.32 Å². The van der Waals surface area contributed by atoms with Crippen molar-refractivity contribution in [1.82, 2.24) is 10.3 Å². The fourth-order valence-electron chi connectivity index (χ4n) is 2.59. The van der Waals surface area contributed by atoms with Gasteiger partial charge in [-0.05, 0) is 25.0 Å². The zero-order valence-corrected chi connectivity index (χ0v) is 11.9. The maximum absolute atomic E-state index is 12.3. The Bertz CT molecular complexity index is 508. The highest BCUT2D eigenvalue weighted by atomic mass is 16.4. The summed E-state index contributed by atoms with van der Waals surface area (Å²) in [6.45, 7) is 0.353. The normalized spacial score (nSPS) is 22.6. The quantitative estimate of drug-likeness (QED) is 0.691. The van der Waals surface area contributed by atoms with Crippen LogP contribution in [-0.2, 0) is 4.79 Å². The number of anilines is 1. The molecule has 0 aliphatic carbocycles. The van der Waals surface area contributed by atoms with E-state index in [1.807, 2.05) is 42.4 Å². The first-order valence-corrected chi connectivity index (χ1v) is 6.86. The number of hydrogen-bond acceptors (Lipinski definition) is 4. The number of nitrogens with two attached hydrogens (primary N) is 1. The van der Waals surface area contributed by atoms with Gasteiger partial charge < -0.3 is 16.2 Å². The van der Waals surface area contributed by atoms with E-state index in [0.717, 1.165) is 5.69 Å². The second kappa shape index (κ2) is 6.55. The van der Waals surface area contributed by atoms with Crippen molar-refractivity contribution in [3.05, 3.63) is 30.3 Å². The van der Waals surface area contributed by atoms with Crippen molar-refractivity contribution < 1.29 is 14.7 Å². The Kier molecular flexibility index (Phi) is 4.77. The Morgan fingerprint density at radius 2 is 2.05 bits per heavy atom. The van der Waals surface area contributed by atoms with E-state index in [4.69, 9.17) is 10.8 Å². The number of amides is 2. The number of para-hydroxylation sites is 1. The van der Waals surface area contributed by atoms with E-state index < -0.39 is 12.1 Å². The average Bonchev–Trinajstić information content (AvgIpc) is 2.67. The maximum atomic E-state index is 12.3. The van der Waals surface area contributed by atoms with Gasteiger partial charge in [0.15, 0.2) is 0 Å². The van der Waals surface area contributed by atoms with Gasteiger partial charge in [0, 0.05) is 13.6 Å². The second-order valence-electron chi connectivity index (χ2n) is 5.03. The van der Waals surface area contributed by atoms with E-state index >= 15 is 0 Å². The molecule has 0 radical (unpaired) electrons. The van der Waals surface area contributed by atoms with Crippen LogP contribution in [0.3, 0.4) is 0 Å². The number of nitrogens with zero attached hydrogens (tertiary/aromatic N) is 2. The number of hydrogen-bond donors (Lipinski definition) is 3. The van der Waals surface area contributed by atoms with Crippen LogP contribution in [0, 0.1) is 0 Å². The number of carbonyl (C=O) groups excluding carboxylic acids is 1. The number of carbonyl (C=O) groups is 2. The van der Waals surface area contributed by atoms with E-state index in [1.54, 1.807) is 5.01 Å². The van der Waals surface area contributed by atoms with Crippen molar-refractivity contribution in [1.29, 1.82) is 0 Å². The molecule has 21 heavy (non-hydrogen) atoms. The fourth-order valence-corrected chi connectivity index (χ4v) is 2.59. The molecule has 2 unspecified atom stereocenters. The van der Waals surface area contributed by atoms with Gasteiger partial charge in [-0.2, -0.15) is 0 Å². The minimum absolute atomic E-state index is 0.131. The Morgan fingerprint density at radius 1 is 1.38 bits per heavy atom. The highest BCUT2D eigenvalue weighted by Gasteiger charge is 2.42. The molecule has 7 heteroatoms. The van der Waals surface area contributed by atoms with Crippen molar-refractivity contribution in [3.63, 3.8) is 0 Å². The molecule has 1 aliphatic rings. The standard InChI is InChI=1S/C14H20N4O3/c1-17-11(8-5-9-16-14(20)21)12(15)13(19)18(17)10-6-3-2-4-7-10/h2-4,6-7,11-12,16H,5,8-9,15H2,1H3,(H,20,21). The second-order valence-corrected chi connectivity index (χ2v) is 5.03. The van der Waals surface area contributed by atoms with Gasteiger partial charge in [0.1, 0.15) is 6.04 Å². The molecule has 7 nitrogen and oxygen atoms in total. The van der Waals surface area contributed by atoms with Crippen LogP contribution in [0.4, 0.5) is 10.5 Å². The van der Waals surface area contributed by atoms with Gasteiger partial charge in [0.05, 0.1) is 11.7 Å². The van der Waals surface area contributed by atoms with Gasteiger partial charge in [-0.25, -0.2) is 14.8 Å². The average molecular weight is 292 g/mol. The van der Waals surface area contributed by atoms with Crippen LogP contribution in [0.15, 0.2) is 30.3 Å². The Balaban J connectivity index is 2.01. The molecule has 1 fully saturated rings. The van der Waals surface area contributed by atoms with Gasteiger partial charge >= 0.3 is 6.09 Å². The number of likely N-dealkylation sites (N-methyl/N-ethyl adjacent to an activating group) is 1. The Hall–Kier alpha value is -2.12. The Morgan fingerprint density at radius 3 is 2.67 bits per heavy atom. The molecule has 0 bridgehead atoms. The van der Waals surface area contributed by atoms with Crippen LogP contribution in [0.1, 0.15) is 12.8 Å². The maximum Gasteiger partial charge on any atom is 0.404 e. The molecule has 1 aromatic carbocycles. The Labute approximate surface area is 123 Å². The topological polar surface area (TPSA) is 98.9 Å². The number of hydrazine groups is 1. The molecule has 2 amide bonds. The van der Waals surface area contributed by atoms with E-state index in [1.165, 1.54) is 0 Å². The van der Waals surface area contributed by atoms with Crippen molar-refractivity contribution in [2.75, 3.05) is 18.6 Å². The molecular weight excluding hydrogens is 272 g/mol. The van der Waals surface area contributed by atoms with E-state index in [-0.39, 0.29) is 11.9 Å². The SMILES string of the molecule is CN1C(CCCNC(=O)O)C(N)C(=O)N1c1ccccc1. The largest absolute Gasteiger partial charge is 0.465 e. The summed E-state index contributed by atoms with van der Waals surface area (Å²) in [7, 11) is 1.83. The van der Waals surface area contributed by atoms with E-state index in [0.29, 0.717) is 19.4 Å². The van der Waals surface area contributed by atoms with Crippen LogP contribution in [0.25, 0.3) is 0 Å². The molecule has 1 heterocycles. The zero-order chi connectivity index (χ0) is 15.4. The van der Waals surface area contributed by atoms with Gasteiger partial charge in [0.2, 0.25) is 0 Å². The molecule has 1 saturated heterocycles. The first kappa shape index (κ1) is 15.3. The highest BCUT2D eigenvalue weighted by molar-refractivity contribution is 5.98. The molecule has 0 aromatic heterocycles. The van der Waals surface area contributed by atoms with Crippen LogP contribution < -0.4 is 16.1 Å². The lowest BCUT2D eigenvalue weighted by Crippen LogP contribution is -2.41. The number of rotatable bonds is 5. The summed E-state index contributed by atoms with van der Waals surface area (Å²) < 4.78 is 0. The van der Waals surface area contributed by atoms with Crippen molar-refractivity contribution in [3.8, 4) is 0 Å². The number of nitrogens with one attached hydrogen (secondary N) is 1. The van der Waals surface area contributed by atoms with Gasteiger partial charge in [-0.15, -0.1) is 0 Å². The van der Waals surface area contributed by atoms with Gasteiger partial charge in [0.25, 0.3) is 5.91 Å². The first-order chi connectivity index (χ1) is 10.0. The summed E-state index contributed by atoms with van der Waals surface area (Å²) in [5.41, 5.74) is 6.80. The van der Waals surface area contributed by atoms with E-state index in [9.17, 15) is 9.59 Å². The van der Waals surface area contributed by atoms with Crippen molar-refractivity contribution >= 4 is 17.7 Å². The molecule has 114 valence electrons. The van der Waals surface area contributed by atoms with Gasteiger partial charge in [-0.3, -0.25) is 4.79 Å². The molecule has 4 N–H and O–H groups in total. The summed E-state index contributed by atoms with van der Waals surface area (Å²) in [5.74, 6) is -0.139. The molecule has 1 aliphatic heterocycles. The monoisotopic (exact) mass is 292 g/mol. The van der Waals surface area contributed by atoms with Crippen molar-refractivity contribution in [2.45, 2.75) is 24.9 Å². The molecule has 0 saturated carbocycles. The molecule has 2 atom stereocenters. The molecule has 1 aromatic rings. The third kappa shape index (κ3) is 3.32. The lowest BCUT2D eigenvalue weighted by Gasteiger charge is -2.28. The summed E-state index contributed by atoms with van der Waals surface area (Å²) in [4.78, 5) is 22.7. The van der Waals surface area contributed by atoms with Crippen molar-refractivity contribution in [2.24, 2.45) is 5.73 Å². The predicted molar refractivity (Wildman–Crippen MR) is 78.7 cm³/mol. The lowest BCUT2D eigenvalue weighted by molar-refractivity contribution is -0.118. The first-order valence-electron chi connectivity index (χ1n) is 6.86. The molecule has 2 rings (SSSR count). The third-order valence-electron chi connectivity index (χ3n) is 3.66. The van der Waals surface area contributed by atoms with Crippen LogP contribution >= 0.6 is 0 Å². The summed E-state index contributed by atoms with van der Waals surface area (Å²) in [6.07, 6.45) is 0.235. The molecule has 0 spiro atoms. The highest BCUT2D eigenvalue weighted by Crippen LogP contribution is 2.26. The van der Waals surface area contributed by atoms with Crippen LogP contribution in [0.2, 0.25) is 0 Å². The smallest absolute Gasteiger partial charge is 0.404 e. The molecular formula is C14H20N4O3. The predicted octanol–water partition coefficient (Wildman–Crippen LogP) is 0.624. The van der Waals surface area contributed by atoms with Gasteiger partial charge in [-0.1, -0.05) is 18.2 Å². The van der Waals surface area contributed by atoms with Crippen LogP contribution in [0.5, 0.6) is 0 Å². The summed E-state index contributed by atoms with van der Waals surface area (Å²) >= 11 is 0. The fraction of sp³-hybridized carbons (Fsp3) is 0.429. The minimum atomic E-state index is -1.04.